The van der Waals surface area contributed by atoms with Crippen molar-refractivity contribution in [2.75, 3.05) is 5.32 Å². The Bertz CT molecular complexity index is 560. The molecule has 0 fully saturated rings. The summed E-state index contributed by atoms with van der Waals surface area (Å²) in [5, 5.41) is 3.61. The minimum atomic E-state index is 0.281. The van der Waals surface area contributed by atoms with Crippen LogP contribution in [0.3, 0.4) is 0 Å². The Morgan fingerprint density at radius 2 is 2.00 bits per heavy atom. The van der Waals surface area contributed by atoms with E-state index in [0.29, 0.717) is 6.04 Å². The Kier molecular flexibility index (Phi) is 3.02. The molecule has 19 heavy (non-hydrogen) atoms. The quantitative estimate of drug-likeness (QED) is 0.861. The normalized spacial score (nSPS) is 20.6. The van der Waals surface area contributed by atoms with E-state index in [1.54, 1.807) is 0 Å². The molecule has 1 atom stereocenters. The van der Waals surface area contributed by atoms with Crippen LogP contribution in [0.2, 0.25) is 0 Å². The van der Waals surface area contributed by atoms with Crippen molar-refractivity contribution in [3.63, 3.8) is 0 Å². The van der Waals surface area contributed by atoms with Gasteiger partial charge in [0.05, 0.1) is 11.7 Å². The zero-order valence-corrected chi connectivity index (χ0v) is 11.6. The minimum absolute atomic E-state index is 0.281. The van der Waals surface area contributed by atoms with Crippen LogP contribution >= 0.6 is 0 Å². The SMILES string of the molecule is CC1(C)CCC(Nc2cccnc2)c2ccccc21. The van der Waals surface area contributed by atoms with Gasteiger partial charge >= 0.3 is 0 Å². The first-order valence-electron chi connectivity index (χ1n) is 6.93. The molecule has 0 bridgehead atoms. The van der Waals surface area contributed by atoms with Crippen molar-refractivity contribution < 1.29 is 0 Å². The first-order valence-corrected chi connectivity index (χ1v) is 6.93. The summed E-state index contributed by atoms with van der Waals surface area (Å²) >= 11 is 0. The van der Waals surface area contributed by atoms with Crippen LogP contribution in [0.15, 0.2) is 48.8 Å². The van der Waals surface area contributed by atoms with Crippen LogP contribution in [0.5, 0.6) is 0 Å². The molecular weight excluding hydrogens is 232 g/mol. The first kappa shape index (κ1) is 12.2. The lowest BCUT2D eigenvalue weighted by atomic mass is 9.71. The van der Waals surface area contributed by atoms with Gasteiger partial charge in [0.25, 0.3) is 0 Å². The Morgan fingerprint density at radius 3 is 2.79 bits per heavy atom. The fourth-order valence-corrected chi connectivity index (χ4v) is 3.01. The van der Waals surface area contributed by atoms with Crippen molar-refractivity contribution in [2.24, 2.45) is 0 Å². The zero-order valence-electron chi connectivity index (χ0n) is 11.6. The summed E-state index contributed by atoms with van der Waals surface area (Å²) < 4.78 is 0. The molecule has 3 rings (SSSR count). The van der Waals surface area contributed by atoms with Gasteiger partial charge in [0, 0.05) is 12.4 Å². The van der Waals surface area contributed by atoms with E-state index in [2.05, 4.69) is 54.5 Å². The number of pyridine rings is 1. The molecule has 1 aromatic carbocycles. The van der Waals surface area contributed by atoms with E-state index in [4.69, 9.17) is 0 Å². The number of fused-ring (bicyclic) bond motifs is 1. The highest BCUT2D eigenvalue weighted by atomic mass is 14.9. The Balaban J connectivity index is 1.93. The van der Waals surface area contributed by atoms with Crippen LogP contribution in [0.4, 0.5) is 5.69 Å². The second-order valence-electron chi connectivity index (χ2n) is 5.95. The maximum atomic E-state index is 4.17. The number of rotatable bonds is 2. The van der Waals surface area contributed by atoms with Crippen molar-refractivity contribution in [2.45, 2.75) is 38.1 Å². The highest BCUT2D eigenvalue weighted by molar-refractivity contribution is 5.47. The first-order chi connectivity index (χ1) is 9.17. The monoisotopic (exact) mass is 252 g/mol. The second kappa shape index (κ2) is 4.69. The average molecular weight is 252 g/mol. The third-order valence-corrected chi connectivity index (χ3v) is 4.13. The van der Waals surface area contributed by atoms with Gasteiger partial charge in [-0.15, -0.1) is 0 Å². The number of benzene rings is 1. The third-order valence-electron chi connectivity index (χ3n) is 4.13. The zero-order chi connectivity index (χ0) is 13.3. The van der Waals surface area contributed by atoms with Gasteiger partial charge in [-0.05, 0) is 41.5 Å². The largest absolute Gasteiger partial charge is 0.377 e. The van der Waals surface area contributed by atoms with Crippen molar-refractivity contribution in [3.8, 4) is 0 Å². The van der Waals surface area contributed by atoms with Gasteiger partial charge in [0.2, 0.25) is 0 Å². The highest BCUT2D eigenvalue weighted by Gasteiger charge is 2.32. The van der Waals surface area contributed by atoms with Crippen molar-refractivity contribution >= 4 is 5.69 Å². The van der Waals surface area contributed by atoms with Crippen molar-refractivity contribution in [3.05, 3.63) is 59.9 Å². The Labute approximate surface area is 114 Å². The van der Waals surface area contributed by atoms with Crippen molar-refractivity contribution in [1.29, 1.82) is 0 Å². The lowest BCUT2D eigenvalue weighted by molar-refractivity contribution is 0.406. The fraction of sp³-hybridized carbons (Fsp3) is 0.353. The second-order valence-corrected chi connectivity index (χ2v) is 5.95. The number of hydrogen-bond donors (Lipinski definition) is 1. The maximum Gasteiger partial charge on any atom is 0.0531 e. The average Bonchev–Trinajstić information content (AvgIpc) is 2.44. The number of aromatic nitrogens is 1. The number of nitrogens with one attached hydrogen (secondary N) is 1. The fourth-order valence-electron chi connectivity index (χ4n) is 3.01. The van der Waals surface area contributed by atoms with E-state index in [-0.39, 0.29) is 5.41 Å². The number of anilines is 1. The van der Waals surface area contributed by atoms with Crippen LogP contribution in [0, 0.1) is 0 Å². The van der Waals surface area contributed by atoms with Gasteiger partial charge < -0.3 is 5.32 Å². The summed E-state index contributed by atoms with van der Waals surface area (Å²) in [5.74, 6) is 0. The van der Waals surface area contributed by atoms with Gasteiger partial charge in [-0.25, -0.2) is 0 Å². The molecule has 0 aliphatic heterocycles. The molecule has 2 aromatic rings. The standard InChI is InChI=1S/C17H20N2/c1-17(2)10-9-16(14-7-3-4-8-15(14)17)19-13-6-5-11-18-12-13/h3-8,11-12,16,19H,9-10H2,1-2H3. The van der Waals surface area contributed by atoms with E-state index >= 15 is 0 Å². The molecule has 0 spiro atoms. The Hall–Kier alpha value is -1.83. The van der Waals surface area contributed by atoms with Crippen molar-refractivity contribution in [1.82, 2.24) is 4.98 Å². The van der Waals surface area contributed by atoms with Crippen LogP contribution in [0.1, 0.15) is 43.9 Å². The Morgan fingerprint density at radius 1 is 1.16 bits per heavy atom. The maximum absolute atomic E-state index is 4.17. The molecule has 0 amide bonds. The molecule has 2 heteroatoms. The van der Waals surface area contributed by atoms with E-state index in [1.807, 2.05) is 18.5 Å². The molecule has 1 aromatic heterocycles. The van der Waals surface area contributed by atoms with E-state index in [9.17, 15) is 0 Å². The molecule has 0 saturated carbocycles. The van der Waals surface area contributed by atoms with Gasteiger partial charge in [-0.2, -0.15) is 0 Å². The summed E-state index contributed by atoms with van der Waals surface area (Å²) in [5.41, 5.74) is 4.29. The van der Waals surface area contributed by atoms with Crippen LogP contribution < -0.4 is 5.32 Å². The summed E-state index contributed by atoms with van der Waals surface area (Å²) in [6, 6.07) is 13.3. The summed E-state index contributed by atoms with van der Waals surface area (Å²) in [7, 11) is 0. The molecule has 1 N–H and O–H groups in total. The smallest absolute Gasteiger partial charge is 0.0531 e. The minimum Gasteiger partial charge on any atom is -0.377 e. The van der Waals surface area contributed by atoms with Crippen LogP contribution in [-0.2, 0) is 5.41 Å². The molecule has 0 saturated heterocycles. The third kappa shape index (κ3) is 2.35. The summed E-state index contributed by atoms with van der Waals surface area (Å²) in [4.78, 5) is 4.17. The van der Waals surface area contributed by atoms with E-state index in [0.717, 1.165) is 5.69 Å². The lowest BCUT2D eigenvalue weighted by Gasteiger charge is -2.37. The molecule has 1 aliphatic rings. The highest BCUT2D eigenvalue weighted by Crippen LogP contribution is 2.42. The predicted octanol–water partition coefficient (Wildman–Crippen LogP) is 4.31. The number of hydrogen-bond acceptors (Lipinski definition) is 2. The van der Waals surface area contributed by atoms with Gasteiger partial charge in [0.1, 0.15) is 0 Å². The molecule has 0 radical (unpaired) electrons. The van der Waals surface area contributed by atoms with Gasteiger partial charge in [-0.1, -0.05) is 38.1 Å². The molecular formula is C17H20N2. The molecule has 1 aliphatic carbocycles. The molecule has 1 unspecified atom stereocenters. The van der Waals surface area contributed by atoms with Gasteiger partial charge in [-0.3, -0.25) is 4.98 Å². The van der Waals surface area contributed by atoms with E-state index < -0.39 is 0 Å². The molecule has 1 heterocycles. The van der Waals surface area contributed by atoms with Crippen LogP contribution in [-0.4, -0.2) is 4.98 Å². The number of nitrogens with zero attached hydrogens (tertiary/aromatic N) is 1. The topological polar surface area (TPSA) is 24.9 Å². The van der Waals surface area contributed by atoms with E-state index in [1.165, 1.54) is 24.0 Å². The molecule has 2 nitrogen and oxygen atoms in total. The van der Waals surface area contributed by atoms with Gasteiger partial charge in [0.15, 0.2) is 0 Å². The lowest BCUT2D eigenvalue weighted by Crippen LogP contribution is -2.29. The summed E-state index contributed by atoms with van der Waals surface area (Å²) in [6.45, 7) is 4.68. The molecule has 98 valence electrons. The predicted molar refractivity (Wildman–Crippen MR) is 79.3 cm³/mol. The summed E-state index contributed by atoms with van der Waals surface area (Å²) in [6.07, 6.45) is 6.08. The van der Waals surface area contributed by atoms with Crippen LogP contribution in [0.25, 0.3) is 0 Å².